The molecule has 12 N–H and O–H groups in total. The van der Waals surface area contributed by atoms with Crippen molar-refractivity contribution in [3.05, 3.63) is 40.2 Å². The van der Waals surface area contributed by atoms with E-state index >= 15 is 0 Å². The van der Waals surface area contributed by atoms with Gasteiger partial charge in [-0.15, -0.1) is 0 Å². The third-order valence-electron chi connectivity index (χ3n) is 6.24. The number of nitrogen functional groups attached to an aromatic ring is 1. The number of carbonyl (C=O) groups is 5. The number of benzene rings is 1. The van der Waals surface area contributed by atoms with Crippen molar-refractivity contribution in [2.24, 2.45) is 5.73 Å². The van der Waals surface area contributed by atoms with Crippen molar-refractivity contribution in [3.63, 3.8) is 0 Å². The van der Waals surface area contributed by atoms with E-state index in [0.717, 1.165) is 5.69 Å². The van der Waals surface area contributed by atoms with Gasteiger partial charge in [0.1, 0.15) is 17.8 Å². The van der Waals surface area contributed by atoms with Crippen LogP contribution in [0.4, 0.5) is 23.1 Å². The highest BCUT2D eigenvalue weighted by Crippen LogP contribution is 2.25. The van der Waals surface area contributed by atoms with Gasteiger partial charge >= 0.3 is 23.9 Å². The van der Waals surface area contributed by atoms with Crippen molar-refractivity contribution >= 4 is 52.9 Å². The van der Waals surface area contributed by atoms with Crippen LogP contribution in [0.5, 0.6) is 0 Å². The number of aromatic amines is 1. The predicted molar refractivity (Wildman–Crippen MR) is 153 cm³/mol. The molecule has 0 saturated heterocycles. The first-order valence-corrected chi connectivity index (χ1v) is 12.9. The highest BCUT2D eigenvalue weighted by Gasteiger charge is 2.27. The maximum Gasteiger partial charge on any atom is 0.326 e. The van der Waals surface area contributed by atoms with Gasteiger partial charge < -0.3 is 52.7 Å². The van der Waals surface area contributed by atoms with E-state index < -0.39 is 41.9 Å². The molecule has 3 rings (SSSR count). The maximum absolute atomic E-state index is 12.3. The second-order valence-corrected chi connectivity index (χ2v) is 9.43. The molecular weight excluding hydrogens is 572 g/mol. The number of hydrogen-bond donors (Lipinski definition) is 10. The number of nitrogens with zero attached hydrogens (tertiary/aromatic N) is 2. The molecule has 3 atom stereocenters. The molecule has 1 unspecified atom stereocenters. The van der Waals surface area contributed by atoms with Crippen LogP contribution < -0.4 is 37.9 Å². The molecule has 18 nitrogen and oxygen atoms in total. The zero-order valence-electron chi connectivity index (χ0n) is 23.1. The number of nitrogens with one attached hydrogen (secondary N) is 4. The quantitative estimate of drug-likeness (QED) is 0.131. The fourth-order valence-corrected chi connectivity index (χ4v) is 3.82. The number of hydrogen-bond acceptors (Lipinski definition) is 12. The summed E-state index contributed by atoms with van der Waals surface area (Å²) in [5.41, 5.74) is 11.6. The zero-order chi connectivity index (χ0) is 32.3. The summed E-state index contributed by atoms with van der Waals surface area (Å²) < 4.78 is 0. The van der Waals surface area contributed by atoms with Gasteiger partial charge in [-0.3, -0.25) is 29.0 Å². The van der Waals surface area contributed by atoms with Gasteiger partial charge in [-0.2, -0.15) is 4.98 Å². The molecule has 1 aliphatic rings. The standard InChI is InChI=1S/C20H25N7O6.C5H9NO4/c1-27-12(9-23-16-15(27)18(31)26-20(21)25-16)8-22-11-4-2-10(3-5-11)17(30)24-13(19(32)33)6-7-14(28)29;6-3(5(9)10)1-2-4(7)8/h2-5,12-13,22H,6-9H2,1H3,(H,24,30)(H,28,29)(H,32,33)(H4,21,23,25,26,31);3H,1-2,6H2,(H,7,8)(H,9,10)/t12?,13-;3-/m00/s1. The minimum Gasteiger partial charge on any atom is -0.481 e. The van der Waals surface area contributed by atoms with Crippen LogP contribution in [0.15, 0.2) is 29.1 Å². The lowest BCUT2D eigenvalue weighted by atomic mass is 10.1. The fourth-order valence-electron chi connectivity index (χ4n) is 3.82. The second-order valence-electron chi connectivity index (χ2n) is 9.43. The number of amides is 1. The molecule has 1 aromatic heterocycles. The third-order valence-corrected chi connectivity index (χ3v) is 6.24. The number of nitrogens with two attached hydrogens (primary N) is 2. The molecule has 0 bridgehead atoms. The summed E-state index contributed by atoms with van der Waals surface area (Å²) in [4.78, 5) is 74.7. The van der Waals surface area contributed by atoms with E-state index in [2.05, 4.69) is 25.9 Å². The summed E-state index contributed by atoms with van der Waals surface area (Å²) in [6.07, 6.45) is -0.810. The van der Waals surface area contributed by atoms with Crippen LogP contribution in [0.1, 0.15) is 36.0 Å². The van der Waals surface area contributed by atoms with Crippen LogP contribution in [0.25, 0.3) is 0 Å². The summed E-state index contributed by atoms with van der Waals surface area (Å²) in [6, 6.07) is 3.97. The molecule has 1 aliphatic heterocycles. The van der Waals surface area contributed by atoms with Crippen molar-refractivity contribution in [2.75, 3.05) is 41.4 Å². The Morgan fingerprint density at radius 3 is 2.19 bits per heavy atom. The van der Waals surface area contributed by atoms with E-state index in [-0.39, 0.29) is 48.8 Å². The van der Waals surface area contributed by atoms with Crippen molar-refractivity contribution in [1.29, 1.82) is 0 Å². The average molecular weight is 607 g/mol. The Morgan fingerprint density at radius 2 is 1.63 bits per heavy atom. The van der Waals surface area contributed by atoms with Crippen LogP contribution in [-0.2, 0) is 19.2 Å². The Bertz CT molecular complexity index is 1380. The molecule has 2 heterocycles. The molecule has 18 heteroatoms. The SMILES string of the molecule is CN1c2c(nc(N)[nH]c2=O)NCC1CNc1ccc(C(=O)N[C@@H](CCC(=O)O)C(=O)O)cc1.N[C@@H](CCC(=O)O)C(=O)O. The largest absolute Gasteiger partial charge is 0.481 e. The fraction of sp³-hybridized carbons (Fsp3) is 0.400. The first kappa shape index (κ1) is 33.8. The molecule has 1 aromatic carbocycles. The Kier molecular flexibility index (Phi) is 12.2. The molecular formula is C25H34N8O10. The summed E-state index contributed by atoms with van der Waals surface area (Å²) in [5, 5.41) is 42.8. The molecule has 0 fully saturated rings. The van der Waals surface area contributed by atoms with Gasteiger partial charge in [0.15, 0.2) is 5.82 Å². The Morgan fingerprint density at radius 1 is 1.02 bits per heavy atom. The molecule has 0 saturated carbocycles. The number of likely N-dealkylation sites (N-methyl/N-ethyl adjacent to an activating group) is 1. The van der Waals surface area contributed by atoms with Crippen LogP contribution in [-0.4, -0.2) is 98.4 Å². The minimum atomic E-state index is -1.30. The summed E-state index contributed by atoms with van der Waals surface area (Å²) in [6.45, 7) is 1.01. The number of aliphatic carboxylic acids is 4. The van der Waals surface area contributed by atoms with E-state index in [0.29, 0.717) is 24.6 Å². The van der Waals surface area contributed by atoms with Gasteiger partial charge in [0.2, 0.25) is 5.95 Å². The molecule has 43 heavy (non-hydrogen) atoms. The van der Waals surface area contributed by atoms with Crippen molar-refractivity contribution in [2.45, 2.75) is 43.8 Å². The van der Waals surface area contributed by atoms with E-state index in [9.17, 15) is 33.9 Å². The number of fused-ring (bicyclic) bond motifs is 1. The summed E-state index contributed by atoms with van der Waals surface area (Å²) in [7, 11) is 1.79. The Labute approximate surface area is 244 Å². The average Bonchev–Trinajstić information content (AvgIpc) is 2.93. The predicted octanol–water partition coefficient (Wildman–Crippen LogP) is -0.995. The summed E-state index contributed by atoms with van der Waals surface area (Å²) >= 11 is 0. The number of carbonyl (C=O) groups excluding carboxylic acids is 1. The molecule has 1 amide bonds. The van der Waals surface area contributed by atoms with Gasteiger partial charge in [0.05, 0.1) is 6.04 Å². The summed E-state index contributed by atoms with van der Waals surface area (Å²) in [5.74, 6) is -4.79. The van der Waals surface area contributed by atoms with Crippen LogP contribution in [0.3, 0.4) is 0 Å². The van der Waals surface area contributed by atoms with Crippen LogP contribution in [0.2, 0.25) is 0 Å². The molecule has 0 radical (unpaired) electrons. The van der Waals surface area contributed by atoms with Crippen molar-refractivity contribution < 1.29 is 44.4 Å². The van der Waals surface area contributed by atoms with Gasteiger partial charge in [-0.05, 0) is 37.1 Å². The number of anilines is 4. The smallest absolute Gasteiger partial charge is 0.326 e. The molecule has 234 valence electrons. The highest BCUT2D eigenvalue weighted by molar-refractivity contribution is 5.97. The van der Waals surface area contributed by atoms with Gasteiger partial charge in [-0.1, -0.05) is 0 Å². The number of aromatic nitrogens is 2. The lowest BCUT2D eigenvalue weighted by Gasteiger charge is -2.35. The van der Waals surface area contributed by atoms with Crippen molar-refractivity contribution in [1.82, 2.24) is 15.3 Å². The first-order valence-electron chi connectivity index (χ1n) is 12.9. The lowest BCUT2D eigenvalue weighted by Crippen LogP contribution is -2.48. The van der Waals surface area contributed by atoms with E-state index in [1.807, 2.05) is 4.90 Å². The first-order chi connectivity index (χ1) is 20.2. The van der Waals surface area contributed by atoms with E-state index in [1.54, 1.807) is 19.2 Å². The Hall–Kier alpha value is -5.39. The topological polar surface area (TPSA) is 303 Å². The number of carboxylic acid groups (broad SMARTS) is 4. The van der Waals surface area contributed by atoms with E-state index in [4.69, 9.17) is 26.8 Å². The van der Waals surface area contributed by atoms with Crippen LogP contribution >= 0.6 is 0 Å². The van der Waals surface area contributed by atoms with E-state index in [1.165, 1.54) is 12.1 Å². The minimum absolute atomic E-state index is 0.0231. The maximum atomic E-state index is 12.3. The van der Waals surface area contributed by atoms with Crippen LogP contribution in [0, 0.1) is 0 Å². The lowest BCUT2D eigenvalue weighted by molar-refractivity contribution is -0.142. The van der Waals surface area contributed by atoms with Gasteiger partial charge in [0.25, 0.3) is 11.5 Å². The molecule has 0 aliphatic carbocycles. The molecule has 2 aromatic rings. The van der Waals surface area contributed by atoms with Crippen molar-refractivity contribution in [3.8, 4) is 0 Å². The second kappa shape index (κ2) is 15.6. The normalized spacial score (nSPS) is 14.9. The van der Waals surface area contributed by atoms with Gasteiger partial charge in [0, 0.05) is 44.2 Å². The number of H-pyrrole nitrogens is 1. The monoisotopic (exact) mass is 606 g/mol. The number of rotatable bonds is 13. The molecule has 0 spiro atoms. The number of carboxylic acids is 4. The zero-order valence-corrected chi connectivity index (χ0v) is 23.1. The third kappa shape index (κ3) is 10.5. The Balaban J connectivity index is 0.000000553. The highest BCUT2D eigenvalue weighted by atomic mass is 16.4. The van der Waals surface area contributed by atoms with Gasteiger partial charge in [-0.25, -0.2) is 4.79 Å².